The third kappa shape index (κ3) is 3.52. The van der Waals surface area contributed by atoms with Crippen molar-refractivity contribution in [1.82, 2.24) is 4.98 Å². The molecule has 0 fully saturated rings. The zero-order chi connectivity index (χ0) is 19.5. The average molecular weight is 375 g/mol. The van der Waals surface area contributed by atoms with Crippen molar-refractivity contribution in [3.8, 4) is 11.5 Å². The summed E-state index contributed by atoms with van der Waals surface area (Å²) in [7, 11) is 0. The van der Waals surface area contributed by atoms with Crippen LogP contribution in [0.25, 0.3) is 11.5 Å². The lowest BCUT2D eigenvalue weighted by Gasteiger charge is -2.18. The van der Waals surface area contributed by atoms with Crippen LogP contribution in [-0.4, -0.2) is 24.0 Å². The summed E-state index contributed by atoms with van der Waals surface area (Å²) in [5.74, 6) is 0.851. The van der Waals surface area contributed by atoms with E-state index in [1.54, 1.807) is 0 Å². The second-order valence-corrected chi connectivity index (χ2v) is 7.05. The van der Waals surface area contributed by atoms with Crippen molar-refractivity contribution in [3.05, 3.63) is 65.5 Å². The van der Waals surface area contributed by atoms with Crippen molar-refractivity contribution in [2.45, 2.75) is 33.1 Å². The van der Waals surface area contributed by atoms with Gasteiger partial charge in [0.05, 0.1) is 0 Å². The highest BCUT2D eigenvalue weighted by atomic mass is 16.4. The molecule has 0 spiro atoms. The van der Waals surface area contributed by atoms with Crippen LogP contribution in [0, 0.1) is 0 Å². The summed E-state index contributed by atoms with van der Waals surface area (Å²) in [5, 5.41) is 2.99. The number of oxazole rings is 1. The number of hydrogen-bond acceptors (Lipinski definition) is 4. The Labute approximate surface area is 165 Å². The number of fused-ring (bicyclic) bond motifs is 1. The van der Waals surface area contributed by atoms with Crippen molar-refractivity contribution in [3.63, 3.8) is 0 Å². The van der Waals surface area contributed by atoms with Gasteiger partial charge in [-0.1, -0.05) is 32.0 Å². The molecule has 0 atom stereocenters. The molecule has 0 radical (unpaired) electrons. The van der Waals surface area contributed by atoms with Gasteiger partial charge in [-0.05, 0) is 48.7 Å². The van der Waals surface area contributed by atoms with Crippen LogP contribution in [-0.2, 0) is 12.8 Å². The molecule has 0 saturated heterocycles. The zero-order valence-corrected chi connectivity index (χ0v) is 16.4. The van der Waals surface area contributed by atoms with Gasteiger partial charge in [-0.3, -0.25) is 4.79 Å². The molecule has 1 N–H and O–H groups in total. The highest BCUT2D eigenvalue weighted by Crippen LogP contribution is 2.31. The van der Waals surface area contributed by atoms with Gasteiger partial charge in [0.25, 0.3) is 5.91 Å². The third-order valence-corrected chi connectivity index (χ3v) is 5.08. The van der Waals surface area contributed by atoms with Gasteiger partial charge in [0.15, 0.2) is 5.69 Å². The molecular formula is C23H25N3O2. The minimum atomic E-state index is -0.230. The second kappa shape index (κ2) is 7.89. The maximum Gasteiger partial charge on any atom is 0.277 e. The molecule has 1 aromatic heterocycles. The Hall–Kier alpha value is -3.08. The Morgan fingerprint density at radius 3 is 2.75 bits per heavy atom. The SMILES string of the molecule is CCCN1CCc2cc(NC(=O)c3nc(-c4ccccc4)oc3CC)ccc21. The number of hydrogen-bond donors (Lipinski definition) is 1. The van der Waals surface area contributed by atoms with Crippen LogP contribution in [0.4, 0.5) is 11.4 Å². The highest BCUT2D eigenvalue weighted by molar-refractivity contribution is 6.04. The molecule has 0 saturated carbocycles. The molecule has 2 aromatic carbocycles. The Kier molecular flexibility index (Phi) is 5.15. The van der Waals surface area contributed by atoms with Gasteiger partial charge >= 0.3 is 0 Å². The highest BCUT2D eigenvalue weighted by Gasteiger charge is 2.22. The van der Waals surface area contributed by atoms with E-state index in [4.69, 9.17) is 4.42 Å². The molecule has 1 aliphatic rings. The number of aromatic nitrogens is 1. The van der Waals surface area contributed by atoms with E-state index < -0.39 is 0 Å². The van der Waals surface area contributed by atoms with Crippen molar-refractivity contribution in [2.24, 2.45) is 0 Å². The lowest BCUT2D eigenvalue weighted by atomic mass is 10.1. The topological polar surface area (TPSA) is 58.4 Å². The van der Waals surface area contributed by atoms with E-state index in [2.05, 4.69) is 34.3 Å². The van der Waals surface area contributed by atoms with E-state index in [9.17, 15) is 4.79 Å². The maximum atomic E-state index is 12.9. The molecule has 0 bridgehead atoms. The molecule has 28 heavy (non-hydrogen) atoms. The molecule has 144 valence electrons. The predicted molar refractivity (Wildman–Crippen MR) is 112 cm³/mol. The smallest absolute Gasteiger partial charge is 0.277 e. The first kappa shape index (κ1) is 18.3. The Balaban J connectivity index is 1.55. The van der Waals surface area contributed by atoms with Gasteiger partial charge < -0.3 is 14.6 Å². The third-order valence-electron chi connectivity index (χ3n) is 5.08. The van der Waals surface area contributed by atoms with Crippen LogP contribution in [0.3, 0.4) is 0 Å². The van der Waals surface area contributed by atoms with Gasteiger partial charge in [0.2, 0.25) is 5.89 Å². The van der Waals surface area contributed by atoms with Gasteiger partial charge in [-0.2, -0.15) is 0 Å². The first-order valence-corrected chi connectivity index (χ1v) is 9.94. The fourth-order valence-corrected chi connectivity index (χ4v) is 3.71. The van der Waals surface area contributed by atoms with Crippen molar-refractivity contribution in [2.75, 3.05) is 23.3 Å². The van der Waals surface area contributed by atoms with E-state index in [1.165, 1.54) is 11.3 Å². The molecule has 3 aromatic rings. The lowest BCUT2D eigenvalue weighted by molar-refractivity contribution is 0.102. The van der Waals surface area contributed by atoms with Gasteiger partial charge in [0.1, 0.15) is 5.76 Å². The van der Waals surface area contributed by atoms with Crippen molar-refractivity contribution < 1.29 is 9.21 Å². The first-order valence-electron chi connectivity index (χ1n) is 9.94. The summed E-state index contributed by atoms with van der Waals surface area (Å²) >= 11 is 0. The summed E-state index contributed by atoms with van der Waals surface area (Å²) in [5.41, 5.74) is 4.58. The molecule has 1 aliphatic heterocycles. The standard InChI is InChI=1S/C23H25N3O2/c1-3-13-26-14-12-17-15-18(10-11-19(17)26)24-22(27)21-20(4-2)28-23(25-21)16-8-6-5-7-9-16/h5-11,15H,3-4,12-14H2,1-2H3,(H,24,27). The number of aryl methyl sites for hydroxylation is 1. The minimum absolute atomic E-state index is 0.230. The van der Waals surface area contributed by atoms with Gasteiger partial charge in [0, 0.05) is 36.4 Å². The zero-order valence-electron chi connectivity index (χ0n) is 16.4. The van der Waals surface area contributed by atoms with Crippen LogP contribution in [0.15, 0.2) is 52.9 Å². The van der Waals surface area contributed by atoms with Crippen LogP contribution < -0.4 is 10.2 Å². The Morgan fingerprint density at radius 2 is 2.00 bits per heavy atom. The van der Waals surface area contributed by atoms with Crippen LogP contribution in [0.5, 0.6) is 0 Å². The van der Waals surface area contributed by atoms with E-state index >= 15 is 0 Å². The fraction of sp³-hybridized carbons (Fsp3) is 0.304. The molecule has 2 heterocycles. The summed E-state index contributed by atoms with van der Waals surface area (Å²) < 4.78 is 5.85. The molecule has 4 rings (SSSR count). The van der Waals surface area contributed by atoms with Crippen LogP contribution in [0.1, 0.15) is 42.1 Å². The number of nitrogens with zero attached hydrogens (tertiary/aromatic N) is 2. The number of benzene rings is 2. The first-order chi connectivity index (χ1) is 13.7. The lowest BCUT2D eigenvalue weighted by Crippen LogP contribution is -2.20. The summed E-state index contributed by atoms with van der Waals surface area (Å²) in [6.45, 7) is 6.27. The molecule has 0 aliphatic carbocycles. The predicted octanol–water partition coefficient (Wildman–Crippen LogP) is 4.93. The van der Waals surface area contributed by atoms with Gasteiger partial charge in [-0.15, -0.1) is 0 Å². The number of carbonyl (C=O) groups is 1. The number of anilines is 2. The van der Waals surface area contributed by atoms with E-state index in [-0.39, 0.29) is 5.91 Å². The summed E-state index contributed by atoms with van der Waals surface area (Å²) in [6, 6.07) is 15.8. The van der Waals surface area contributed by atoms with Crippen molar-refractivity contribution in [1.29, 1.82) is 0 Å². The molecule has 5 nitrogen and oxygen atoms in total. The number of amides is 1. The number of carbonyl (C=O) groups excluding carboxylic acids is 1. The van der Waals surface area contributed by atoms with Crippen LogP contribution >= 0.6 is 0 Å². The molecule has 0 unspecified atom stereocenters. The van der Waals surface area contributed by atoms with E-state index in [0.717, 1.165) is 37.2 Å². The normalized spacial score (nSPS) is 12.9. The number of rotatable bonds is 6. The Morgan fingerprint density at radius 1 is 1.18 bits per heavy atom. The van der Waals surface area contributed by atoms with Crippen molar-refractivity contribution >= 4 is 17.3 Å². The monoisotopic (exact) mass is 375 g/mol. The Bertz CT molecular complexity index is 979. The fourth-order valence-electron chi connectivity index (χ4n) is 3.71. The maximum absolute atomic E-state index is 12.9. The van der Waals surface area contributed by atoms with Gasteiger partial charge in [-0.25, -0.2) is 4.98 Å². The molecular weight excluding hydrogens is 350 g/mol. The van der Waals surface area contributed by atoms with Crippen LogP contribution in [0.2, 0.25) is 0 Å². The average Bonchev–Trinajstić information content (AvgIpc) is 3.33. The summed E-state index contributed by atoms with van der Waals surface area (Å²) in [6.07, 6.45) is 2.76. The summed E-state index contributed by atoms with van der Waals surface area (Å²) in [4.78, 5) is 19.7. The molecule has 5 heteroatoms. The largest absolute Gasteiger partial charge is 0.440 e. The molecule has 1 amide bonds. The number of nitrogens with one attached hydrogen (secondary N) is 1. The second-order valence-electron chi connectivity index (χ2n) is 7.05. The quantitative estimate of drug-likeness (QED) is 0.664. The van der Waals surface area contributed by atoms with E-state index in [0.29, 0.717) is 23.8 Å². The van der Waals surface area contributed by atoms with E-state index in [1.807, 2.05) is 43.3 Å². The minimum Gasteiger partial charge on any atom is -0.440 e.